The summed E-state index contributed by atoms with van der Waals surface area (Å²) in [5.74, 6) is -0.976. The molecule has 1 aliphatic carbocycles. The molecule has 9 nitrogen and oxygen atoms in total. The number of anilines is 1. The predicted molar refractivity (Wildman–Crippen MR) is 137 cm³/mol. The quantitative estimate of drug-likeness (QED) is 0.425. The molecule has 2 aromatic heterocycles. The van der Waals surface area contributed by atoms with Gasteiger partial charge in [-0.2, -0.15) is 0 Å². The average Bonchev–Trinajstić information content (AvgIpc) is 3.37. The van der Waals surface area contributed by atoms with Crippen molar-refractivity contribution < 1.29 is 14.4 Å². The van der Waals surface area contributed by atoms with Crippen LogP contribution in [-0.4, -0.2) is 42.8 Å². The molecule has 6 rings (SSSR count). The van der Waals surface area contributed by atoms with Crippen LogP contribution in [0.3, 0.4) is 0 Å². The fourth-order valence-corrected chi connectivity index (χ4v) is 5.27. The number of aromatic nitrogens is 3. The predicted octanol–water partition coefficient (Wildman–Crippen LogP) is 3.73. The van der Waals surface area contributed by atoms with Crippen LogP contribution in [-0.2, 0) is 6.54 Å². The summed E-state index contributed by atoms with van der Waals surface area (Å²) in [6.07, 6.45) is 6.47. The minimum atomic E-state index is -0.388. The molecule has 1 aliphatic heterocycles. The molecule has 0 saturated heterocycles. The molecule has 186 valence electrons. The van der Waals surface area contributed by atoms with Crippen molar-refractivity contribution >= 4 is 29.1 Å². The molecule has 4 aromatic rings. The molecule has 9 heteroatoms. The Hall–Kier alpha value is -4.53. The van der Waals surface area contributed by atoms with Gasteiger partial charge in [0.2, 0.25) is 0 Å². The number of pyridine rings is 1. The van der Waals surface area contributed by atoms with Crippen LogP contribution in [0.5, 0.6) is 0 Å². The Labute approximate surface area is 212 Å². The van der Waals surface area contributed by atoms with E-state index in [0.717, 1.165) is 37.7 Å². The van der Waals surface area contributed by atoms with Gasteiger partial charge in [-0.3, -0.25) is 23.7 Å². The van der Waals surface area contributed by atoms with Crippen molar-refractivity contribution in [3.63, 3.8) is 0 Å². The minimum Gasteiger partial charge on any atom is -0.322 e. The first kappa shape index (κ1) is 22.9. The molecule has 1 saturated carbocycles. The highest BCUT2D eigenvalue weighted by atomic mass is 16.2. The number of nitrogens with zero attached hydrogens (tertiary/aromatic N) is 4. The molecule has 3 heterocycles. The molecule has 0 spiro atoms. The zero-order valence-electron chi connectivity index (χ0n) is 20.1. The number of hydrogen-bond donors (Lipinski definition) is 1. The molecule has 2 aromatic carbocycles. The Morgan fingerprint density at radius 2 is 1.70 bits per heavy atom. The summed E-state index contributed by atoms with van der Waals surface area (Å²) in [7, 11) is 0. The number of carbonyl (C=O) groups is 3. The van der Waals surface area contributed by atoms with Crippen LogP contribution >= 0.6 is 0 Å². The van der Waals surface area contributed by atoms with Crippen LogP contribution in [0.2, 0.25) is 0 Å². The van der Waals surface area contributed by atoms with E-state index in [2.05, 4.69) is 10.4 Å². The van der Waals surface area contributed by atoms with Crippen molar-refractivity contribution in [2.45, 2.75) is 44.7 Å². The molecule has 0 unspecified atom stereocenters. The SMILES string of the molecule is O=C(Nc1cccc(Cn2nc3ccccn3c2=O)c1)c1ccc2c(c1)C(=O)N(C1CCCCC1)C2=O. The first-order valence-electron chi connectivity index (χ1n) is 12.5. The summed E-state index contributed by atoms with van der Waals surface area (Å²) in [6.45, 7) is 0.247. The lowest BCUT2D eigenvalue weighted by molar-refractivity contribution is 0.0549. The van der Waals surface area contributed by atoms with Crippen LogP contribution in [0, 0.1) is 0 Å². The lowest BCUT2D eigenvalue weighted by atomic mass is 9.94. The standard InChI is InChI=1S/C28H25N5O4/c34-25(19-12-13-22-23(16-19)27(36)33(26(22)35)21-9-2-1-3-10-21)29-20-8-6-7-18(15-20)17-32-28(37)31-14-5-4-11-24(31)30-32/h4-8,11-16,21H,1-3,9-10,17H2,(H,29,34). The van der Waals surface area contributed by atoms with E-state index in [1.54, 1.807) is 48.7 Å². The zero-order chi connectivity index (χ0) is 25.5. The third kappa shape index (κ3) is 4.12. The third-order valence-corrected chi connectivity index (χ3v) is 7.13. The van der Waals surface area contributed by atoms with Gasteiger partial charge in [0.1, 0.15) is 0 Å². The maximum Gasteiger partial charge on any atom is 0.350 e. The topological polar surface area (TPSA) is 106 Å². The smallest absolute Gasteiger partial charge is 0.322 e. The molecule has 0 radical (unpaired) electrons. The first-order valence-corrected chi connectivity index (χ1v) is 12.5. The van der Waals surface area contributed by atoms with Crippen molar-refractivity contribution in [1.82, 2.24) is 19.1 Å². The summed E-state index contributed by atoms with van der Waals surface area (Å²) in [5.41, 5.74) is 2.59. The number of imide groups is 1. The fourth-order valence-electron chi connectivity index (χ4n) is 5.27. The van der Waals surface area contributed by atoms with Gasteiger partial charge in [-0.25, -0.2) is 9.48 Å². The monoisotopic (exact) mass is 495 g/mol. The van der Waals surface area contributed by atoms with Gasteiger partial charge in [0.15, 0.2) is 5.65 Å². The maximum absolute atomic E-state index is 13.1. The van der Waals surface area contributed by atoms with E-state index < -0.39 is 0 Å². The average molecular weight is 496 g/mol. The highest BCUT2D eigenvalue weighted by Crippen LogP contribution is 2.31. The third-order valence-electron chi connectivity index (χ3n) is 7.13. The van der Waals surface area contributed by atoms with E-state index in [9.17, 15) is 19.2 Å². The first-order chi connectivity index (χ1) is 18.0. The van der Waals surface area contributed by atoms with Crippen LogP contribution in [0.25, 0.3) is 5.65 Å². The second kappa shape index (κ2) is 9.16. The molecule has 2 aliphatic rings. The normalized spacial score (nSPS) is 15.8. The molecule has 0 atom stereocenters. The number of amides is 3. The lowest BCUT2D eigenvalue weighted by Crippen LogP contribution is -2.40. The molecular formula is C28H25N5O4. The number of hydrogen-bond acceptors (Lipinski definition) is 5. The molecule has 37 heavy (non-hydrogen) atoms. The fraction of sp³-hybridized carbons (Fsp3) is 0.250. The molecule has 1 fully saturated rings. The number of carbonyl (C=O) groups excluding carboxylic acids is 3. The van der Waals surface area contributed by atoms with Crippen molar-refractivity contribution in [2.24, 2.45) is 0 Å². The Bertz CT molecular complexity index is 1610. The van der Waals surface area contributed by atoms with Crippen LogP contribution in [0.4, 0.5) is 5.69 Å². The lowest BCUT2D eigenvalue weighted by Gasteiger charge is -2.29. The second-order valence-corrected chi connectivity index (χ2v) is 9.56. The van der Waals surface area contributed by atoms with Gasteiger partial charge in [0.25, 0.3) is 17.7 Å². The Morgan fingerprint density at radius 1 is 0.892 bits per heavy atom. The summed E-state index contributed by atoms with van der Waals surface area (Å²) >= 11 is 0. The number of rotatable bonds is 5. The van der Waals surface area contributed by atoms with Crippen LogP contribution < -0.4 is 11.0 Å². The van der Waals surface area contributed by atoms with E-state index >= 15 is 0 Å². The summed E-state index contributed by atoms with van der Waals surface area (Å²) < 4.78 is 2.85. The van der Waals surface area contributed by atoms with Gasteiger partial charge in [-0.15, -0.1) is 5.10 Å². The molecule has 1 N–H and O–H groups in total. The van der Waals surface area contributed by atoms with Crippen molar-refractivity contribution in [3.05, 3.63) is 99.6 Å². The van der Waals surface area contributed by atoms with E-state index in [1.165, 1.54) is 20.0 Å². The van der Waals surface area contributed by atoms with E-state index in [4.69, 9.17) is 0 Å². The Morgan fingerprint density at radius 3 is 2.51 bits per heavy atom. The minimum absolute atomic E-state index is 0.0680. The molecular weight excluding hydrogens is 470 g/mol. The highest BCUT2D eigenvalue weighted by molar-refractivity contribution is 6.22. The molecule has 3 amide bonds. The second-order valence-electron chi connectivity index (χ2n) is 9.56. The van der Waals surface area contributed by atoms with Gasteiger partial charge in [0.05, 0.1) is 17.7 Å². The number of benzene rings is 2. The van der Waals surface area contributed by atoms with Gasteiger partial charge in [0, 0.05) is 23.5 Å². The van der Waals surface area contributed by atoms with Crippen molar-refractivity contribution in [1.29, 1.82) is 0 Å². The largest absolute Gasteiger partial charge is 0.350 e. The van der Waals surface area contributed by atoms with E-state index in [0.29, 0.717) is 22.5 Å². The Kier molecular flexibility index (Phi) is 5.67. The van der Waals surface area contributed by atoms with Crippen LogP contribution in [0.15, 0.2) is 71.7 Å². The number of nitrogens with one attached hydrogen (secondary N) is 1. The molecule has 0 bridgehead atoms. The Balaban J connectivity index is 1.19. The summed E-state index contributed by atoms with van der Waals surface area (Å²) in [5, 5.41) is 7.20. The van der Waals surface area contributed by atoms with Gasteiger partial charge in [-0.05, 0) is 60.9 Å². The summed E-state index contributed by atoms with van der Waals surface area (Å²) in [6, 6.07) is 17.1. The zero-order valence-corrected chi connectivity index (χ0v) is 20.1. The van der Waals surface area contributed by atoms with Crippen molar-refractivity contribution in [3.8, 4) is 0 Å². The highest BCUT2D eigenvalue weighted by Gasteiger charge is 2.40. The van der Waals surface area contributed by atoms with Gasteiger partial charge >= 0.3 is 5.69 Å². The van der Waals surface area contributed by atoms with Crippen molar-refractivity contribution in [2.75, 3.05) is 5.32 Å². The van der Waals surface area contributed by atoms with Crippen LogP contribution in [0.1, 0.15) is 68.7 Å². The van der Waals surface area contributed by atoms with E-state index in [1.807, 2.05) is 12.1 Å². The maximum atomic E-state index is 13.1. The van der Waals surface area contributed by atoms with E-state index in [-0.39, 0.29) is 41.6 Å². The number of fused-ring (bicyclic) bond motifs is 2. The van der Waals surface area contributed by atoms with Gasteiger partial charge < -0.3 is 5.32 Å². The van der Waals surface area contributed by atoms with Gasteiger partial charge in [-0.1, -0.05) is 37.5 Å². The summed E-state index contributed by atoms with van der Waals surface area (Å²) in [4.78, 5) is 53.0.